The molecule has 0 spiro atoms. The van der Waals surface area contributed by atoms with Crippen LogP contribution in [-0.4, -0.2) is 19.9 Å². The van der Waals surface area contributed by atoms with E-state index in [4.69, 9.17) is 19.4 Å². The predicted molar refractivity (Wildman–Crippen MR) is 199 cm³/mol. The molecule has 0 aliphatic carbocycles. The third kappa shape index (κ3) is 4.55. The van der Waals surface area contributed by atoms with Crippen molar-refractivity contribution >= 4 is 54.3 Å². The summed E-state index contributed by atoms with van der Waals surface area (Å²) >= 11 is 0. The topological polar surface area (TPSA) is 64.7 Å². The number of aromatic nitrogens is 4. The second-order valence-electron chi connectivity index (χ2n) is 12.3. The SMILES string of the molecule is c1ccc2cc(-c3nc(-c4ccc5ccccc5c4)nc(-c4ccc(-c5cccc6oc7cnccc7c56)c5ccccc45)n3)ccc2c1. The number of hydrogen-bond donors (Lipinski definition) is 0. The van der Waals surface area contributed by atoms with Gasteiger partial charge in [-0.05, 0) is 73.8 Å². The minimum absolute atomic E-state index is 0.627. The van der Waals surface area contributed by atoms with Gasteiger partial charge in [0.15, 0.2) is 23.1 Å². The Kier molecular flexibility index (Phi) is 6.11. The molecule has 0 saturated carbocycles. The molecule has 0 atom stereocenters. The van der Waals surface area contributed by atoms with Gasteiger partial charge in [0.2, 0.25) is 0 Å². The second kappa shape index (κ2) is 10.9. The molecule has 0 bridgehead atoms. The zero-order valence-corrected chi connectivity index (χ0v) is 26.2. The summed E-state index contributed by atoms with van der Waals surface area (Å²) in [6.45, 7) is 0. The Morgan fingerprint density at radius 1 is 0.388 bits per heavy atom. The molecule has 0 radical (unpaired) electrons. The molecule has 0 aliphatic heterocycles. The highest BCUT2D eigenvalue weighted by Crippen LogP contribution is 2.41. The summed E-state index contributed by atoms with van der Waals surface area (Å²) in [4.78, 5) is 19.7. The molecule has 49 heavy (non-hydrogen) atoms. The lowest BCUT2D eigenvalue weighted by Crippen LogP contribution is -2.01. The zero-order valence-electron chi connectivity index (χ0n) is 26.2. The van der Waals surface area contributed by atoms with E-state index in [0.717, 1.165) is 71.3 Å². The van der Waals surface area contributed by atoms with Crippen molar-refractivity contribution in [2.24, 2.45) is 0 Å². The van der Waals surface area contributed by atoms with Crippen molar-refractivity contribution in [3.05, 3.63) is 158 Å². The van der Waals surface area contributed by atoms with E-state index in [0.29, 0.717) is 17.5 Å². The molecule has 0 N–H and O–H groups in total. The Balaban J connectivity index is 1.21. The summed E-state index contributed by atoms with van der Waals surface area (Å²) in [7, 11) is 0. The van der Waals surface area contributed by atoms with E-state index >= 15 is 0 Å². The molecule has 228 valence electrons. The van der Waals surface area contributed by atoms with E-state index in [1.165, 1.54) is 10.8 Å². The van der Waals surface area contributed by atoms with Crippen molar-refractivity contribution in [1.29, 1.82) is 0 Å². The van der Waals surface area contributed by atoms with Gasteiger partial charge in [0.05, 0.1) is 6.20 Å². The molecular weight excluding hydrogens is 601 g/mol. The average Bonchev–Trinajstić information content (AvgIpc) is 3.56. The summed E-state index contributed by atoms with van der Waals surface area (Å²) in [6.07, 6.45) is 3.59. The Hall–Kier alpha value is -6.72. The lowest BCUT2D eigenvalue weighted by Gasteiger charge is -2.14. The van der Waals surface area contributed by atoms with Crippen LogP contribution in [0, 0.1) is 0 Å². The van der Waals surface area contributed by atoms with Crippen molar-refractivity contribution in [3.63, 3.8) is 0 Å². The first kappa shape index (κ1) is 27.4. The first-order valence-electron chi connectivity index (χ1n) is 16.3. The van der Waals surface area contributed by atoms with Crippen LogP contribution < -0.4 is 0 Å². The number of furan rings is 1. The Morgan fingerprint density at radius 2 is 0.980 bits per heavy atom. The van der Waals surface area contributed by atoms with Crippen LogP contribution in [0.15, 0.2) is 162 Å². The first-order chi connectivity index (χ1) is 24.3. The predicted octanol–water partition coefficient (Wildman–Crippen LogP) is 11.3. The maximum Gasteiger partial charge on any atom is 0.164 e. The highest BCUT2D eigenvalue weighted by atomic mass is 16.3. The minimum atomic E-state index is 0.627. The maximum atomic E-state index is 6.19. The van der Waals surface area contributed by atoms with Gasteiger partial charge in [-0.15, -0.1) is 0 Å². The van der Waals surface area contributed by atoms with Crippen molar-refractivity contribution in [2.75, 3.05) is 0 Å². The fourth-order valence-electron chi connectivity index (χ4n) is 7.05. The fraction of sp³-hybridized carbons (Fsp3) is 0. The number of hydrogen-bond acceptors (Lipinski definition) is 5. The van der Waals surface area contributed by atoms with E-state index in [1.807, 2.05) is 24.4 Å². The summed E-state index contributed by atoms with van der Waals surface area (Å²) in [5.74, 6) is 1.90. The second-order valence-corrected chi connectivity index (χ2v) is 12.3. The number of nitrogens with zero attached hydrogens (tertiary/aromatic N) is 4. The van der Waals surface area contributed by atoms with Gasteiger partial charge >= 0.3 is 0 Å². The van der Waals surface area contributed by atoms with E-state index < -0.39 is 0 Å². The molecule has 0 saturated heterocycles. The molecule has 7 aromatic carbocycles. The van der Waals surface area contributed by atoms with E-state index in [1.54, 1.807) is 6.20 Å². The van der Waals surface area contributed by atoms with Crippen LogP contribution in [0.2, 0.25) is 0 Å². The Morgan fingerprint density at radius 3 is 1.67 bits per heavy atom. The highest BCUT2D eigenvalue weighted by molar-refractivity contribution is 6.16. The lowest BCUT2D eigenvalue weighted by atomic mass is 9.92. The Bertz CT molecular complexity index is 2810. The largest absolute Gasteiger partial charge is 0.454 e. The number of fused-ring (bicyclic) bond motifs is 6. The normalized spacial score (nSPS) is 11.7. The number of rotatable bonds is 4. The van der Waals surface area contributed by atoms with Crippen LogP contribution in [0.3, 0.4) is 0 Å². The summed E-state index contributed by atoms with van der Waals surface area (Å²) in [6, 6.07) is 50.5. The molecule has 0 amide bonds. The standard InChI is InChI=1S/C44H26N4O/c1-3-10-29-24-31(18-16-27(29)8-1)42-46-43(32-19-17-28-9-2-4-11-30(28)25-32)48-44(47-42)37-21-20-35(33-12-5-6-13-34(33)37)36-14-7-15-39-41(36)38-22-23-45-26-40(38)49-39/h1-26H. The van der Waals surface area contributed by atoms with Crippen LogP contribution in [0.4, 0.5) is 0 Å². The van der Waals surface area contributed by atoms with Crippen LogP contribution in [-0.2, 0) is 0 Å². The third-order valence-electron chi connectivity index (χ3n) is 9.41. The monoisotopic (exact) mass is 626 g/mol. The minimum Gasteiger partial charge on any atom is -0.454 e. The zero-order chi connectivity index (χ0) is 32.3. The number of benzene rings is 7. The van der Waals surface area contributed by atoms with Gasteiger partial charge in [-0.1, -0.05) is 115 Å². The van der Waals surface area contributed by atoms with E-state index in [-0.39, 0.29) is 0 Å². The maximum absolute atomic E-state index is 6.19. The quantitative estimate of drug-likeness (QED) is 0.194. The van der Waals surface area contributed by atoms with Crippen LogP contribution in [0.1, 0.15) is 0 Å². The molecule has 3 heterocycles. The van der Waals surface area contributed by atoms with Crippen molar-refractivity contribution < 1.29 is 4.42 Å². The van der Waals surface area contributed by atoms with Crippen LogP contribution >= 0.6 is 0 Å². The van der Waals surface area contributed by atoms with Crippen molar-refractivity contribution in [3.8, 4) is 45.3 Å². The van der Waals surface area contributed by atoms with Crippen molar-refractivity contribution in [2.45, 2.75) is 0 Å². The molecule has 3 aromatic heterocycles. The van der Waals surface area contributed by atoms with E-state index in [2.05, 4.69) is 132 Å². The molecule has 0 fully saturated rings. The third-order valence-corrected chi connectivity index (χ3v) is 9.41. The Labute approximate surface area is 281 Å². The molecule has 5 nitrogen and oxygen atoms in total. The van der Waals surface area contributed by atoms with E-state index in [9.17, 15) is 0 Å². The number of pyridine rings is 1. The average molecular weight is 627 g/mol. The first-order valence-corrected chi connectivity index (χ1v) is 16.3. The van der Waals surface area contributed by atoms with Gasteiger partial charge in [0, 0.05) is 33.7 Å². The van der Waals surface area contributed by atoms with Gasteiger partial charge in [-0.25, -0.2) is 15.0 Å². The molecule has 5 heteroatoms. The van der Waals surface area contributed by atoms with Gasteiger partial charge in [0.25, 0.3) is 0 Å². The molecule has 10 rings (SSSR count). The van der Waals surface area contributed by atoms with Gasteiger partial charge < -0.3 is 4.42 Å². The van der Waals surface area contributed by atoms with Crippen LogP contribution in [0.5, 0.6) is 0 Å². The van der Waals surface area contributed by atoms with Gasteiger partial charge in [-0.2, -0.15) is 0 Å². The fourth-order valence-corrected chi connectivity index (χ4v) is 7.05. The molecule has 0 aliphatic rings. The van der Waals surface area contributed by atoms with Crippen LogP contribution in [0.25, 0.3) is 99.5 Å². The molecule has 10 aromatic rings. The van der Waals surface area contributed by atoms with Gasteiger partial charge in [0.1, 0.15) is 5.58 Å². The lowest BCUT2D eigenvalue weighted by molar-refractivity contribution is 0.667. The highest BCUT2D eigenvalue weighted by Gasteiger charge is 2.19. The molecule has 0 unspecified atom stereocenters. The molecular formula is C44H26N4O. The summed E-state index contributed by atoms with van der Waals surface area (Å²) in [5, 5.41) is 8.92. The summed E-state index contributed by atoms with van der Waals surface area (Å²) < 4.78 is 6.19. The smallest absolute Gasteiger partial charge is 0.164 e. The van der Waals surface area contributed by atoms with Crippen molar-refractivity contribution in [1.82, 2.24) is 19.9 Å². The summed E-state index contributed by atoms with van der Waals surface area (Å²) in [5.41, 5.74) is 6.66. The van der Waals surface area contributed by atoms with Gasteiger partial charge in [-0.3, -0.25) is 4.98 Å².